The van der Waals surface area contributed by atoms with Crippen molar-refractivity contribution in [1.29, 1.82) is 0 Å². The van der Waals surface area contributed by atoms with Crippen LogP contribution in [0.25, 0.3) is 0 Å². The van der Waals surface area contributed by atoms with Crippen LogP contribution in [0, 0.1) is 0 Å². The van der Waals surface area contributed by atoms with Gasteiger partial charge in [0.15, 0.2) is 0 Å². The normalized spacial score (nSPS) is 34.7. The summed E-state index contributed by atoms with van der Waals surface area (Å²) in [4.78, 5) is 10.5. The minimum atomic E-state index is -0.526. The fraction of sp³-hybridized carbons (Fsp3) is 0.800. The lowest BCUT2D eigenvalue weighted by Crippen LogP contribution is -2.24. The summed E-state index contributed by atoms with van der Waals surface area (Å²) in [7, 11) is 0. The Labute approximate surface area is 52.6 Å². The van der Waals surface area contributed by atoms with Gasteiger partial charge in [-0.15, -0.1) is 0 Å². The van der Waals surface area contributed by atoms with Gasteiger partial charge in [0.2, 0.25) is 0 Å². The van der Waals surface area contributed by atoms with Crippen molar-refractivity contribution < 1.29 is 14.6 Å². The Morgan fingerprint density at radius 3 is 2.78 bits per heavy atom. The summed E-state index contributed by atoms with van der Waals surface area (Å²) in [6.45, 7) is -0.126. The van der Waals surface area contributed by atoms with Crippen molar-refractivity contribution in [1.82, 2.24) is 0 Å². The zero-order valence-electron chi connectivity index (χ0n) is 4.91. The van der Waals surface area contributed by atoms with Gasteiger partial charge in [-0.25, -0.2) is 0 Å². The maximum absolute atomic E-state index is 10.5. The molecule has 1 aliphatic rings. The predicted molar refractivity (Wildman–Crippen MR) is 29.6 cm³/mol. The van der Waals surface area contributed by atoms with Gasteiger partial charge < -0.3 is 15.6 Å². The number of cyclic esters (lactones) is 1. The van der Waals surface area contributed by atoms with E-state index in [1.165, 1.54) is 0 Å². The van der Waals surface area contributed by atoms with E-state index in [-0.39, 0.29) is 12.7 Å². The number of nitrogens with two attached hydrogens (primary N) is 1. The van der Waals surface area contributed by atoms with Crippen LogP contribution in [-0.2, 0) is 9.53 Å². The van der Waals surface area contributed by atoms with E-state index in [4.69, 9.17) is 10.8 Å². The van der Waals surface area contributed by atoms with Gasteiger partial charge in [0.25, 0.3) is 0 Å². The van der Waals surface area contributed by atoms with Crippen LogP contribution in [0.5, 0.6) is 0 Å². The fourth-order valence-electron chi connectivity index (χ4n) is 0.791. The Morgan fingerprint density at radius 2 is 2.56 bits per heavy atom. The molecule has 0 aliphatic carbocycles. The molecular weight excluding hydrogens is 122 g/mol. The summed E-state index contributed by atoms with van der Waals surface area (Å²) >= 11 is 0. The van der Waals surface area contributed by atoms with Gasteiger partial charge >= 0.3 is 5.97 Å². The number of esters is 1. The molecule has 52 valence electrons. The van der Waals surface area contributed by atoms with Crippen molar-refractivity contribution in [3.05, 3.63) is 0 Å². The molecule has 0 aromatic carbocycles. The Kier molecular flexibility index (Phi) is 1.68. The second kappa shape index (κ2) is 2.33. The van der Waals surface area contributed by atoms with E-state index in [2.05, 4.69) is 4.74 Å². The summed E-state index contributed by atoms with van der Waals surface area (Å²) in [5.74, 6) is -0.408. The van der Waals surface area contributed by atoms with Crippen molar-refractivity contribution in [2.75, 3.05) is 6.61 Å². The van der Waals surface area contributed by atoms with Gasteiger partial charge in [0.1, 0.15) is 12.1 Å². The first-order valence-electron chi connectivity index (χ1n) is 2.81. The highest BCUT2D eigenvalue weighted by atomic mass is 16.6. The molecule has 1 unspecified atom stereocenters. The molecule has 4 heteroatoms. The van der Waals surface area contributed by atoms with Gasteiger partial charge in [-0.05, 0) is 0 Å². The summed E-state index contributed by atoms with van der Waals surface area (Å²) in [5, 5.41) is 8.47. The molecule has 0 saturated carbocycles. The molecule has 9 heavy (non-hydrogen) atoms. The highest BCUT2D eigenvalue weighted by Crippen LogP contribution is 2.11. The molecule has 3 N–H and O–H groups in total. The second-order valence-electron chi connectivity index (χ2n) is 2.08. The molecule has 1 rings (SSSR count). The molecule has 4 nitrogen and oxygen atoms in total. The van der Waals surface area contributed by atoms with Crippen LogP contribution < -0.4 is 5.73 Å². The average molecular weight is 131 g/mol. The van der Waals surface area contributed by atoms with Crippen LogP contribution in [0.3, 0.4) is 0 Å². The number of aliphatic hydroxyl groups is 1. The molecule has 0 amide bonds. The molecule has 0 aromatic heterocycles. The van der Waals surface area contributed by atoms with Gasteiger partial charge in [0.05, 0.1) is 6.61 Å². The number of carbonyl (C=O) groups excluding carboxylic acids is 1. The summed E-state index contributed by atoms with van der Waals surface area (Å²) in [6, 6.07) is -0.526. The van der Waals surface area contributed by atoms with E-state index < -0.39 is 12.0 Å². The van der Waals surface area contributed by atoms with Crippen molar-refractivity contribution in [2.24, 2.45) is 5.73 Å². The van der Waals surface area contributed by atoms with E-state index in [1.54, 1.807) is 0 Å². The molecule has 0 spiro atoms. The van der Waals surface area contributed by atoms with Crippen LogP contribution in [0.1, 0.15) is 6.42 Å². The van der Waals surface area contributed by atoms with E-state index in [0.717, 1.165) is 0 Å². The van der Waals surface area contributed by atoms with E-state index in [0.29, 0.717) is 6.42 Å². The molecule has 0 bridgehead atoms. The standard InChI is InChI=1S/C5H9NO3/c6-4-1-3(2-7)9-5(4)8/h3-4,7H,1-2,6H2/t3?,4-/m0/s1. The quantitative estimate of drug-likeness (QED) is 0.430. The van der Waals surface area contributed by atoms with Crippen molar-refractivity contribution in [3.8, 4) is 0 Å². The fourth-order valence-corrected chi connectivity index (χ4v) is 0.791. The van der Waals surface area contributed by atoms with Gasteiger partial charge in [0, 0.05) is 6.42 Å². The Morgan fingerprint density at radius 1 is 1.89 bits per heavy atom. The largest absolute Gasteiger partial charge is 0.459 e. The molecular formula is C5H9NO3. The van der Waals surface area contributed by atoms with Crippen LogP contribution in [0.4, 0.5) is 0 Å². The Balaban J connectivity index is 2.44. The van der Waals surface area contributed by atoms with Gasteiger partial charge in [-0.1, -0.05) is 0 Å². The first kappa shape index (κ1) is 6.51. The third-order valence-corrected chi connectivity index (χ3v) is 1.31. The molecule has 1 fully saturated rings. The predicted octanol–water partition coefficient (Wildman–Crippen LogP) is -1.38. The number of hydrogen-bond acceptors (Lipinski definition) is 4. The number of ether oxygens (including phenoxy) is 1. The number of hydrogen-bond donors (Lipinski definition) is 2. The summed E-state index contributed by atoms with van der Waals surface area (Å²) in [6.07, 6.45) is 0.0718. The van der Waals surface area contributed by atoms with Crippen LogP contribution in [-0.4, -0.2) is 29.8 Å². The van der Waals surface area contributed by atoms with Gasteiger partial charge in [-0.3, -0.25) is 4.79 Å². The zero-order chi connectivity index (χ0) is 6.85. The topological polar surface area (TPSA) is 72.6 Å². The summed E-state index contributed by atoms with van der Waals surface area (Å²) in [5.41, 5.74) is 5.26. The molecule has 1 aliphatic heterocycles. The minimum absolute atomic E-state index is 0.126. The molecule has 1 saturated heterocycles. The van der Waals surface area contributed by atoms with Crippen LogP contribution in [0.2, 0.25) is 0 Å². The first-order valence-corrected chi connectivity index (χ1v) is 2.81. The lowest BCUT2D eigenvalue weighted by Gasteiger charge is -2.00. The smallest absolute Gasteiger partial charge is 0.323 e. The monoisotopic (exact) mass is 131 g/mol. The van der Waals surface area contributed by atoms with Crippen LogP contribution >= 0.6 is 0 Å². The third kappa shape index (κ3) is 1.20. The summed E-state index contributed by atoms with van der Waals surface area (Å²) < 4.78 is 4.61. The zero-order valence-corrected chi connectivity index (χ0v) is 4.91. The number of aliphatic hydroxyl groups excluding tert-OH is 1. The first-order chi connectivity index (χ1) is 4.24. The molecule has 2 atom stereocenters. The Hall–Kier alpha value is -0.610. The van der Waals surface area contributed by atoms with Gasteiger partial charge in [-0.2, -0.15) is 0 Å². The second-order valence-corrected chi connectivity index (χ2v) is 2.08. The highest BCUT2D eigenvalue weighted by Gasteiger charge is 2.30. The maximum atomic E-state index is 10.5. The lowest BCUT2D eigenvalue weighted by atomic mass is 10.2. The van der Waals surface area contributed by atoms with Crippen molar-refractivity contribution >= 4 is 5.97 Å². The van der Waals surface area contributed by atoms with E-state index in [9.17, 15) is 4.79 Å². The molecule has 0 radical (unpaired) electrons. The lowest BCUT2D eigenvalue weighted by molar-refractivity contribution is -0.143. The highest BCUT2D eigenvalue weighted by molar-refractivity contribution is 5.77. The molecule has 0 aromatic rings. The van der Waals surface area contributed by atoms with Crippen molar-refractivity contribution in [2.45, 2.75) is 18.6 Å². The Bertz CT molecular complexity index is 125. The SMILES string of the molecule is N[C@H]1CC(CO)OC1=O. The average Bonchev–Trinajstić information content (AvgIpc) is 2.13. The number of rotatable bonds is 1. The minimum Gasteiger partial charge on any atom is -0.459 e. The van der Waals surface area contributed by atoms with Crippen molar-refractivity contribution in [3.63, 3.8) is 0 Å². The van der Waals surface area contributed by atoms with E-state index in [1.807, 2.05) is 0 Å². The van der Waals surface area contributed by atoms with E-state index >= 15 is 0 Å². The third-order valence-electron chi connectivity index (χ3n) is 1.31. The molecule has 1 heterocycles. The maximum Gasteiger partial charge on any atom is 0.323 e. The van der Waals surface area contributed by atoms with Crippen LogP contribution in [0.15, 0.2) is 0 Å². The number of carbonyl (C=O) groups is 1.